The highest BCUT2D eigenvalue weighted by molar-refractivity contribution is 6.00. The van der Waals surface area contributed by atoms with Crippen LogP contribution in [0.5, 0.6) is 0 Å². The molecule has 11 heteroatoms. The van der Waals surface area contributed by atoms with Gasteiger partial charge in [-0.3, -0.25) is 9.59 Å². The fourth-order valence-electron chi connectivity index (χ4n) is 2.84. The van der Waals surface area contributed by atoms with Crippen molar-refractivity contribution in [3.63, 3.8) is 0 Å². The van der Waals surface area contributed by atoms with Crippen LogP contribution in [0, 0.1) is 0 Å². The second-order valence-corrected chi connectivity index (χ2v) is 6.50. The number of halogens is 3. The molecule has 3 rings (SSSR count). The summed E-state index contributed by atoms with van der Waals surface area (Å²) in [5.74, 6) is -0.525. The fourth-order valence-corrected chi connectivity index (χ4v) is 2.84. The van der Waals surface area contributed by atoms with Crippen LogP contribution in [0.15, 0.2) is 54.9 Å². The number of nitrogens with one attached hydrogen (secondary N) is 4. The van der Waals surface area contributed by atoms with Crippen LogP contribution >= 0.6 is 0 Å². The molecule has 0 atom stereocenters. The lowest BCUT2D eigenvalue weighted by atomic mass is 10.1. The van der Waals surface area contributed by atoms with Gasteiger partial charge in [-0.15, -0.1) is 0 Å². The maximum atomic E-state index is 13.6. The van der Waals surface area contributed by atoms with E-state index in [0.717, 1.165) is 6.07 Å². The first kappa shape index (κ1) is 22.5. The van der Waals surface area contributed by atoms with Gasteiger partial charge in [0.2, 0.25) is 0 Å². The monoisotopic (exact) mass is 444 g/mol. The number of alkyl halides is 3. The number of amides is 2. The molecule has 166 valence electrons. The molecule has 2 heterocycles. The molecule has 0 bridgehead atoms. The molecule has 0 aliphatic heterocycles. The number of pyridine rings is 2. The summed E-state index contributed by atoms with van der Waals surface area (Å²) in [5.41, 5.74) is -0.644. The number of nitrogens with zero attached hydrogens (tertiary/aromatic N) is 2. The molecule has 0 fully saturated rings. The third kappa shape index (κ3) is 5.12. The molecule has 1 aromatic carbocycles. The van der Waals surface area contributed by atoms with E-state index >= 15 is 0 Å². The molecule has 0 saturated heterocycles. The molecule has 0 unspecified atom stereocenters. The lowest BCUT2D eigenvalue weighted by Crippen LogP contribution is -2.19. The lowest BCUT2D eigenvalue weighted by Gasteiger charge is -2.17. The van der Waals surface area contributed by atoms with E-state index in [2.05, 4.69) is 31.2 Å². The van der Waals surface area contributed by atoms with Crippen molar-refractivity contribution < 1.29 is 22.8 Å². The van der Waals surface area contributed by atoms with E-state index in [4.69, 9.17) is 0 Å². The number of carbonyl (C=O) groups excluding carboxylic acids is 2. The van der Waals surface area contributed by atoms with Crippen LogP contribution in [-0.4, -0.2) is 35.9 Å². The number of hydrogen-bond acceptors (Lipinski definition) is 6. The van der Waals surface area contributed by atoms with Gasteiger partial charge < -0.3 is 21.3 Å². The summed E-state index contributed by atoms with van der Waals surface area (Å²) in [5, 5.41) is 10.4. The predicted octanol–water partition coefficient (Wildman–Crippen LogP) is 3.70. The molecule has 2 aromatic heterocycles. The van der Waals surface area contributed by atoms with Crippen molar-refractivity contribution in [2.45, 2.75) is 6.18 Å². The summed E-state index contributed by atoms with van der Waals surface area (Å²) < 4.78 is 40.7. The van der Waals surface area contributed by atoms with Gasteiger partial charge in [0.25, 0.3) is 11.8 Å². The Morgan fingerprint density at radius 2 is 1.53 bits per heavy atom. The average molecular weight is 444 g/mol. The van der Waals surface area contributed by atoms with Gasteiger partial charge in [-0.25, -0.2) is 9.97 Å². The van der Waals surface area contributed by atoms with E-state index in [1.807, 2.05) is 0 Å². The Morgan fingerprint density at radius 3 is 2.22 bits per heavy atom. The zero-order valence-electron chi connectivity index (χ0n) is 17.0. The van der Waals surface area contributed by atoms with E-state index in [9.17, 15) is 22.8 Å². The van der Waals surface area contributed by atoms with Gasteiger partial charge >= 0.3 is 6.18 Å². The number of para-hydroxylation sites is 1. The topological polar surface area (TPSA) is 108 Å². The minimum atomic E-state index is -4.69. The van der Waals surface area contributed by atoms with Crippen molar-refractivity contribution in [3.8, 4) is 0 Å². The molecule has 8 nitrogen and oxygen atoms in total. The van der Waals surface area contributed by atoms with Gasteiger partial charge in [0.15, 0.2) is 0 Å². The maximum absolute atomic E-state index is 13.6. The summed E-state index contributed by atoms with van der Waals surface area (Å²) in [4.78, 5) is 31.8. The Balaban J connectivity index is 1.99. The first-order valence-electron chi connectivity index (χ1n) is 9.33. The molecule has 0 aliphatic carbocycles. The highest BCUT2D eigenvalue weighted by Gasteiger charge is 2.34. The van der Waals surface area contributed by atoms with E-state index in [0.29, 0.717) is 11.8 Å². The number of hydrogen-bond donors (Lipinski definition) is 4. The van der Waals surface area contributed by atoms with Gasteiger partial charge in [-0.1, -0.05) is 12.1 Å². The third-order valence-electron chi connectivity index (χ3n) is 4.38. The maximum Gasteiger partial charge on any atom is 0.419 e. The molecule has 2 amide bonds. The highest BCUT2D eigenvalue weighted by Crippen LogP contribution is 2.37. The minimum Gasteiger partial charge on any atom is -0.355 e. The smallest absolute Gasteiger partial charge is 0.355 e. The van der Waals surface area contributed by atoms with Crippen molar-refractivity contribution in [1.29, 1.82) is 0 Å². The van der Waals surface area contributed by atoms with Crippen molar-refractivity contribution >= 4 is 34.8 Å². The van der Waals surface area contributed by atoms with Gasteiger partial charge in [0, 0.05) is 38.1 Å². The van der Waals surface area contributed by atoms with Gasteiger partial charge in [0.05, 0.1) is 22.5 Å². The van der Waals surface area contributed by atoms with Crippen LogP contribution in [-0.2, 0) is 6.18 Å². The van der Waals surface area contributed by atoms with Crippen molar-refractivity contribution in [2.24, 2.45) is 0 Å². The Hall–Kier alpha value is -4.15. The summed E-state index contributed by atoms with van der Waals surface area (Å²) in [6.45, 7) is 0. The molecule has 3 aromatic rings. The van der Waals surface area contributed by atoms with Gasteiger partial charge in [-0.2, -0.15) is 13.2 Å². The van der Waals surface area contributed by atoms with Crippen molar-refractivity contribution in [1.82, 2.24) is 20.6 Å². The summed E-state index contributed by atoms with van der Waals surface area (Å²) in [6.07, 6.45) is -2.63. The van der Waals surface area contributed by atoms with Gasteiger partial charge in [0.1, 0.15) is 11.6 Å². The Labute approximate surface area is 181 Å². The summed E-state index contributed by atoms with van der Waals surface area (Å²) >= 11 is 0. The Morgan fingerprint density at radius 1 is 0.844 bits per heavy atom. The highest BCUT2D eigenvalue weighted by atomic mass is 19.4. The first-order chi connectivity index (χ1) is 15.2. The summed E-state index contributed by atoms with van der Waals surface area (Å²) in [7, 11) is 2.90. The quantitative estimate of drug-likeness (QED) is 0.462. The molecule has 0 aliphatic rings. The number of anilines is 4. The second-order valence-electron chi connectivity index (χ2n) is 6.50. The first-order valence-corrected chi connectivity index (χ1v) is 9.33. The fraction of sp³-hybridized carbons (Fsp3) is 0.143. The van der Waals surface area contributed by atoms with Crippen LogP contribution in [0.25, 0.3) is 0 Å². The largest absolute Gasteiger partial charge is 0.419 e. The van der Waals surface area contributed by atoms with Crippen LogP contribution in [0.4, 0.5) is 36.2 Å². The Kier molecular flexibility index (Phi) is 6.57. The zero-order valence-corrected chi connectivity index (χ0v) is 17.0. The van der Waals surface area contributed by atoms with Crippen LogP contribution in [0.3, 0.4) is 0 Å². The molecular weight excluding hydrogens is 425 g/mol. The number of rotatable bonds is 6. The number of aromatic nitrogens is 2. The van der Waals surface area contributed by atoms with E-state index in [-0.39, 0.29) is 34.5 Å². The molecule has 0 saturated carbocycles. The predicted molar refractivity (Wildman–Crippen MR) is 113 cm³/mol. The van der Waals surface area contributed by atoms with Crippen LogP contribution < -0.4 is 21.3 Å². The number of carbonyl (C=O) groups is 2. The van der Waals surface area contributed by atoms with Crippen LogP contribution in [0.1, 0.15) is 26.3 Å². The third-order valence-corrected chi connectivity index (χ3v) is 4.38. The van der Waals surface area contributed by atoms with E-state index in [1.165, 1.54) is 44.6 Å². The van der Waals surface area contributed by atoms with Crippen LogP contribution in [0.2, 0.25) is 0 Å². The van der Waals surface area contributed by atoms with Gasteiger partial charge in [-0.05, 0) is 24.3 Å². The molecule has 4 N–H and O–H groups in total. The summed E-state index contributed by atoms with van der Waals surface area (Å²) in [6, 6.07) is 10.3. The minimum absolute atomic E-state index is 0.0551. The molecule has 32 heavy (non-hydrogen) atoms. The average Bonchev–Trinajstić information content (AvgIpc) is 2.78. The zero-order chi connectivity index (χ0) is 23.3. The van der Waals surface area contributed by atoms with Crippen molar-refractivity contribution in [2.75, 3.05) is 24.7 Å². The second kappa shape index (κ2) is 9.33. The molecular formula is C21H19F3N6O2. The SMILES string of the molecule is CNC(=O)c1ccnc(Nc2cc(Nc3ccccc3C(=O)NC)c(C(F)(F)F)cn2)c1. The lowest BCUT2D eigenvalue weighted by molar-refractivity contribution is -0.137. The Bertz CT molecular complexity index is 1150. The molecule has 0 radical (unpaired) electrons. The normalized spacial score (nSPS) is 10.9. The van der Waals surface area contributed by atoms with Crippen molar-refractivity contribution in [3.05, 3.63) is 71.5 Å². The van der Waals surface area contributed by atoms with E-state index in [1.54, 1.807) is 12.1 Å². The standard InChI is InChI=1S/C21H19F3N6O2/c1-25-19(31)12-7-8-27-17(9-12)30-18-10-16(14(11-28-18)21(22,23)24)29-15-6-4-3-5-13(15)20(32)26-2/h3-11H,1-2H3,(H,25,31)(H,26,32)(H2,27,28,29,30). The number of benzene rings is 1. The molecule has 0 spiro atoms. The van der Waals surface area contributed by atoms with E-state index < -0.39 is 17.6 Å².